The zero-order valence-electron chi connectivity index (χ0n) is 12.1. The van der Waals surface area contributed by atoms with E-state index in [1.165, 1.54) is 19.5 Å². The third-order valence-corrected chi connectivity index (χ3v) is 4.03. The molecule has 1 aliphatic rings. The van der Waals surface area contributed by atoms with Crippen molar-refractivity contribution < 1.29 is 0 Å². The molecule has 0 radical (unpaired) electrons. The fourth-order valence-electron chi connectivity index (χ4n) is 2.70. The highest BCUT2D eigenvalue weighted by Crippen LogP contribution is 2.36. The summed E-state index contributed by atoms with van der Waals surface area (Å²) in [7, 11) is 0. The Morgan fingerprint density at radius 2 is 2.06 bits per heavy atom. The quantitative estimate of drug-likeness (QED) is 0.743. The maximum atomic E-state index is 5.63. The minimum atomic E-state index is 0.432. The Morgan fingerprint density at radius 3 is 2.59 bits per heavy atom. The first-order chi connectivity index (χ1) is 7.99. The van der Waals surface area contributed by atoms with Gasteiger partial charge in [0.1, 0.15) is 0 Å². The van der Waals surface area contributed by atoms with Gasteiger partial charge in [-0.15, -0.1) is 0 Å². The van der Waals surface area contributed by atoms with Crippen molar-refractivity contribution in [3.8, 4) is 0 Å². The van der Waals surface area contributed by atoms with Crippen molar-refractivity contribution in [3.05, 3.63) is 0 Å². The van der Waals surface area contributed by atoms with Crippen molar-refractivity contribution in [2.75, 3.05) is 32.7 Å². The van der Waals surface area contributed by atoms with Gasteiger partial charge in [0.05, 0.1) is 0 Å². The number of hydrogen-bond acceptors (Lipinski definition) is 3. The first-order valence-corrected chi connectivity index (χ1v) is 7.13. The summed E-state index contributed by atoms with van der Waals surface area (Å²) in [5, 5.41) is 3.50. The number of likely N-dealkylation sites (tertiary alicyclic amines) is 1. The van der Waals surface area contributed by atoms with Crippen LogP contribution in [0.15, 0.2) is 0 Å². The molecule has 3 nitrogen and oxygen atoms in total. The summed E-state index contributed by atoms with van der Waals surface area (Å²) in [6, 6.07) is 0.714. The van der Waals surface area contributed by atoms with Crippen molar-refractivity contribution >= 4 is 0 Å². The van der Waals surface area contributed by atoms with Crippen LogP contribution in [0.5, 0.6) is 0 Å². The lowest BCUT2D eigenvalue weighted by Gasteiger charge is -2.27. The largest absolute Gasteiger partial charge is 0.330 e. The molecule has 3 heteroatoms. The Bertz CT molecular complexity index is 194. The molecule has 0 aromatic rings. The van der Waals surface area contributed by atoms with E-state index in [0.29, 0.717) is 11.5 Å². The monoisotopic (exact) mass is 241 g/mol. The normalized spacial score (nSPS) is 26.6. The maximum absolute atomic E-state index is 5.63. The van der Waals surface area contributed by atoms with Crippen LogP contribution in [-0.2, 0) is 0 Å². The lowest BCUT2D eigenvalue weighted by molar-refractivity contribution is 0.216. The molecule has 1 rings (SSSR count). The van der Waals surface area contributed by atoms with Gasteiger partial charge in [-0.05, 0) is 43.8 Å². The van der Waals surface area contributed by atoms with Gasteiger partial charge in [-0.25, -0.2) is 0 Å². The van der Waals surface area contributed by atoms with Crippen LogP contribution in [0.1, 0.15) is 40.5 Å². The van der Waals surface area contributed by atoms with E-state index in [2.05, 4.69) is 37.9 Å². The summed E-state index contributed by atoms with van der Waals surface area (Å²) >= 11 is 0. The molecule has 0 bridgehead atoms. The van der Waals surface area contributed by atoms with E-state index in [1.807, 2.05) is 0 Å². The highest BCUT2D eigenvalue weighted by atomic mass is 15.2. The van der Waals surface area contributed by atoms with Gasteiger partial charge in [0, 0.05) is 19.1 Å². The van der Waals surface area contributed by atoms with Crippen molar-refractivity contribution in [2.45, 2.75) is 46.6 Å². The van der Waals surface area contributed by atoms with Crippen molar-refractivity contribution in [1.82, 2.24) is 10.2 Å². The molecule has 1 unspecified atom stereocenters. The Kier molecular flexibility index (Phi) is 5.90. The number of nitrogens with one attached hydrogen (secondary N) is 1. The minimum absolute atomic E-state index is 0.432. The van der Waals surface area contributed by atoms with E-state index in [4.69, 9.17) is 5.73 Å². The molecule has 1 aliphatic heterocycles. The van der Waals surface area contributed by atoms with Crippen LogP contribution in [0.2, 0.25) is 0 Å². The zero-order valence-corrected chi connectivity index (χ0v) is 12.1. The van der Waals surface area contributed by atoms with Gasteiger partial charge in [0.25, 0.3) is 0 Å². The van der Waals surface area contributed by atoms with Gasteiger partial charge in [-0.1, -0.05) is 27.7 Å². The summed E-state index contributed by atoms with van der Waals surface area (Å²) in [4.78, 5) is 2.64. The van der Waals surface area contributed by atoms with Crippen LogP contribution in [0.3, 0.4) is 0 Å². The summed E-state index contributed by atoms with van der Waals surface area (Å²) in [6.45, 7) is 14.7. The van der Waals surface area contributed by atoms with Gasteiger partial charge in [-0.2, -0.15) is 0 Å². The molecular weight excluding hydrogens is 210 g/mol. The van der Waals surface area contributed by atoms with Gasteiger partial charge in [0.15, 0.2) is 0 Å². The second kappa shape index (κ2) is 6.72. The molecule has 0 spiro atoms. The molecular formula is C14H31N3. The molecule has 2 atom stereocenters. The molecule has 1 fully saturated rings. The fraction of sp³-hybridized carbons (Fsp3) is 1.00. The standard InChI is InChI=1S/C14H31N3/c1-5-16-10-13-9-12(14(2,3)4)11-17(13)8-6-7-15/h12-13,16H,5-11,15H2,1-4H3/t12-,13?/m1/s1. The first-order valence-electron chi connectivity index (χ1n) is 7.13. The number of likely N-dealkylation sites (N-methyl/N-ethyl adjacent to an activating group) is 1. The highest BCUT2D eigenvalue weighted by molar-refractivity contribution is 4.91. The summed E-state index contributed by atoms with van der Waals surface area (Å²) in [6.07, 6.45) is 2.46. The number of nitrogens with two attached hydrogens (primary N) is 1. The molecule has 0 aromatic carbocycles. The lowest BCUT2D eigenvalue weighted by atomic mass is 9.79. The van der Waals surface area contributed by atoms with E-state index in [1.54, 1.807) is 0 Å². The number of hydrogen-bond donors (Lipinski definition) is 2. The summed E-state index contributed by atoms with van der Waals surface area (Å²) in [5.74, 6) is 0.823. The van der Waals surface area contributed by atoms with Crippen molar-refractivity contribution in [1.29, 1.82) is 0 Å². The molecule has 1 heterocycles. The molecule has 0 amide bonds. The average molecular weight is 241 g/mol. The third kappa shape index (κ3) is 4.57. The SMILES string of the molecule is CCNCC1C[C@@H](C(C)(C)C)CN1CCCN. The van der Waals surface area contributed by atoms with Gasteiger partial charge in [0.2, 0.25) is 0 Å². The highest BCUT2D eigenvalue weighted by Gasteiger charge is 2.37. The molecule has 1 saturated heterocycles. The van der Waals surface area contributed by atoms with Crippen LogP contribution in [0.25, 0.3) is 0 Å². The maximum Gasteiger partial charge on any atom is 0.0224 e. The Labute approximate surface area is 107 Å². The second-order valence-corrected chi connectivity index (χ2v) is 6.40. The van der Waals surface area contributed by atoms with Crippen LogP contribution < -0.4 is 11.1 Å². The minimum Gasteiger partial charge on any atom is -0.330 e. The molecule has 102 valence electrons. The van der Waals surface area contributed by atoms with Crippen molar-refractivity contribution in [2.24, 2.45) is 17.1 Å². The van der Waals surface area contributed by atoms with Crippen LogP contribution in [0.4, 0.5) is 0 Å². The molecule has 17 heavy (non-hydrogen) atoms. The lowest BCUT2D eigenvalue weighted by Crippen LogP contribution is -2.38. The first kappa shape index (κ1) is 14.9. The molecule has 3 N–H and O–H groups in total. The van der Waals surface area contributed by atoms with E-state index in [-0.39, 0.29) is 0 Å². The fourth-order valence-corrected chi connectivity index (χ4v) is 2.70. The van der Waals surface area contributed by atoms with Crippen LogP contribution >= 0.6 is 0 Å². The van der Waals surface area contributed by atoms with Crippen molar-refractivity contribution in [3.63, 3.8) is 0 Å². The summed E-state index contributed by atoms with van der Waals surface area (Å²) < 4.78 is 0. The van der Waals surface area contributed by atoms with Gasteiger partial charge < -0.3 is 11.1 Å². The Balaban J connectivity index is 2.52. The Hall–Kier alpha value is -0.120. The van der Waals surface area contributed by atoms with E-state index in [9.17, 15) is 0 Å². The average Bonchev–Trinajstić information content (AvgIpc) is 2.66. The molecule has 0 aliphatic carbocycles. The Morgan fingerprint density at radius 1 is 1.35 bits per heavy atom. The van der Waals surface area contributed by atoms with Crippen LogP contribution in [0, 0.1) is 11.3 Å². The van der Waals surface area contributed by atoms with E-state index < -0.39 is 0 Å². The predicted molar refractivity (Wildman–Crippen MR) is 75.1 cm³/mol. The summed E-state index contributed by atoms with van der Waals surface area (Å²) in [5.41, 5.74) is 6.06. The zero-order chi connectivity index (χ0) is 12.9. The van der Waals surface area contributed by atoms with E-state index in [0.717, 1.165) is 32.0 Å². The van der Waals surface area contributed by atoms with E-state index >= 15 is 0 Å². The van der Waals surface area contributed by atoms with Gasteiger partial charge in [-0.3, -0.25) is 4.90 Å². The second-order valence-electron chi connectivity index (χ2n) is 6.40. The number of rotatable bonds is 6. The van der Waals surface area contributed by atoms with Crippen LogP contribution in [-0.4, -0.2) is 43.7 Å². The van der Waals surface area contributed by atoms with Gasteiger partial charge >= 0.3 is 0 Å². The number of nitrogens with zero attached hydrogens (tertiary/aromatic N) is 1. The topological polar surface area (TPSA) is 41.3 Å². The smallest absolute Gasteiger partial charge is 0.0224 e. The predicted octanol–water partition coefficient (Wildman–Crippen LogP) is 1.68. The molecule has 0 saturated carbocycles. The molecule has 0 aromatic heterocycles. The third-order valence-electron chi connectivity index (χ3n) is 4.03.